The third-order valence-electron chi connectivity index (χ3n) is 3.82. The predicted octanol–water partition coefficient (Wildman–Crippen LogP) is 5.05. The number of aromatic amines is 1. The second kappa shape index (κ2) is 5.04. The van der Waals surface area contributed by atoms with E-state index in [0.29, 0.717) is 0 Å². The highest BCUT2D eigenvalue weighted by Gasteiger charge is 2.09. The number of ether oxygens (including phenoxy) is 1. The van der Waals surface area contributed by atoms with Gasteiger partial charge >= 0.3 is 0 Å². The molecule has 4 rings (SSSR count). The van der Waals surface area contributed by atoms with E-state index in [1.165, 1.54) is 0 Å². The summed E-state index contributed by atoms with van der Waals surface area (Å²) in [6.45, 7) is 0. The second-order valence-electron chi connectivity index (χ2n) is 5.15. The molecule has 0 saturated heterocycles. The lowest BCUT2D eigenvalue weighted by atomic mass is 10.1. The van der Waals surface area contributed by atoms with Crippen molar-refractivity contribution < 1.29 is 4.74 Å². The summed E-state index contributed by atoms with van der Waals surface area (Å²) in [5.41, 5.74) is 3.96. The normalized spacial score (nSPS) is 11.2. The van der Waals surface area contributed by atoms with Gasteiger partial charge in [0.2, 0.25) is 0 Å². The first kappa shape index (κ1) is 13.2. The van der Waals surface area contributed by atoms with Gasteiger partial charge in [0.05, 0.1) is 18.3 Å². The maximum atomic E-state index is 6.12. The van der Waals surface area contributed by atoms with Crippen molar-refractivity contribution in [1.82, 2.24) is 9.97 Å². The van der Waals surface area contributed by atoms with Gasteiger partial charge in [-0.15, -0.1) is 0 Å². The largest absolute Gasteiger partial charge is 0.497 e. The van der Waals surface area contributed by atoms with Crippen LogP contribution < -0.4 is 4.74 Å². The Morgan fingerprint density at radius 3 is 2.82 bits per heavy atom. The molecule has 0 aliphatic rings. The fourth-order valence-corrected chi connectivity index (χ4v) is 2.86. The van der Waals surface area contributed by atoms with Crippen molar-refractivity contribution in [3.63, 3.8) is 0 Å². The van der Waals surface area contributed by atoms with Crippen molar-refractivity contribution in [3.8, 4) is 17.0 Å². The minimum atomic E-state index is 0.721. The van der Waals surface area contributed by atoms with Gasteiger partial charge in [-0.2, -0.15) is 0 Å². The molecule has 0 fully saturated rings. The number of fused-ring (bicyclic) bond motifs is 2. The Kier molecular flexibility index (Phi) is 3.01. The lowest BCUT2D eigenvalue weighted by Gasteiger charge is -2.04. The number of H-pyrrole nitrogens is 1. The van der Waals surface area contributed by atoms with Crippen LogP contribution in [0.15, 0.2) is 54.7 Å². The Hall–Kier alpha value is -2.52. The average Bonchev–Trinajstić information content (AvgIpc) is 2.96. The molecule has 4 heteroatoms. The Morgan fingerprint density at radius 2 is 1.95 bits per heavy atom. The van der Waals surface area contributed by atoms with Crippen molar-refractivity contribution in [2.24, 2.45) is 0 Å². The van der Waals surface area contributed by atoms with Gasteiger partial charge < -0.3 is 9.72 Å². The standard InChI is InChI=1S/C18H13ClN2O/c1-22-13-4-7-16-11(8-13)2-5-18(21-16)15-10-20-17-6-3-12(19)9-14(15)17/h2-10,20H,1H3. The number of benzene rings is 2. The van der Waals surface area contributed by atoms with E-state index in [1.807, 2.05) is 48.7 Å². The smallest absolute Gasteiger partial charge is 0.119 e. The number of rotatable bonds is 2. The van der Waals surface area contributed by atoms with E-state index in [-0.39, 0.29) is 0 Å². The molecule has 0 atom stereocenters. The van der Waals surface area contributed by atoms with Gasteiger partial charge in [-0.25, -0.2) is 4.98 Å². The van der Waals surface area contributed by atoms with Crippen LogP contribution in [0, 0.1) is 0 Å². The third-order valence-corrected chi connectivity index (χ3v) is 4.05. The predicted molar refractivity (Wildman–Crippen MR) is 90.6 cm³/mol. The summed E-state index contributed by atoms with van der Waals surface area (Å²) >= 11 is 6.12. The van der Waals surface area contributed by atoms with Crippen molar-refractivity contribution in [3.05, 3.63) is 59.8 Å². The van der Waals surface area contributed by atoms with E-state index in [1.54, 1.807) is 7.11 Å². The maximum absolute atomic E-state index is 6.12. The summed E-state index contributed by atoms with van der Waals surface area (Å²) in [7, 11) is 1.67. The highest BCUT2D eigenvalue weighted by atomic mass is 35.5. The zero-order valence-corrected chi connectivity index (χ0v) is 12.7. The van der Waals surface area contributed by atoms with Gasteiger partial charge in [0, 0.05) is 33.1 Å². The summed E-state index contributed by atoms with van der Waals surface area (Å²) in [4.78, 5) is 8.02. The van der Waals surface area contributed by atoms with Crippen molar-refractivity contribution >= 4 is 33.4 Å². The minimum Gasteiger partial charge on any atom is -0.497 e. The molecular formula is C18H13ClN2O. The Bertz CT molecular complexity index is 991. The van der Waals surface area contributed by atoms with Crippen molar-refractivity contribution in [2.75, 3.05) is 7.11 Å². The molecule has 0 aliphatic carbocycles. The van der Waals surface area contributed by atoms with E-state index < -0.39 is 0 Å². The van der Waals surface area contributed by atoms with Crippen molar-refractivity contribution in [1.29, 1.82) is 0 Å². The van der Waals surface area contributed by atoms with E-state index in [9.17, 15) is 0 Å². The molecule has 0 aliphatic heterocycles. The van der Waals surface area contributed by atoms with Gasteiger partial charge in [0.15, 0.2) is 0 Å². The molecule has 2 aromatic carbocycles. The van der Waals surface area contributed by atoms with Crippen LogP contribution in [0.25, 0.3) is 33.1 Å². The number of nitrogens with one attached hydrogen (secondary N) is 1. The molecule has 2 heterocycles. The molecule has 0 spiro atoms. The fourth-order valence-electron chi connectivity index (χ4n) is 2.69. The summed E-state index contributed by atoms with van der Waals surface area (Å²) in [6, 6.07) is 15.8. The minimum absolute atomic E-state index is 0.721. The highest BCUT2D eigenvalue weighted by molar-refractivity contribution is 6.31. The summed E-state index contributed by atoms with van der Waals surface area (Å²) in [5, 5.41) is 2.85. The van der Waals surface area contributed by atoms with Crippen LogP contribution in [-0.4, -0.2) is 17.1 Å². The Balaban J connectivity index is 1.90. The number of hydrogen-bond acceptors (Lipinski definition) is 2. The van der Waals surface area contributed by atoms with Crippen LogP contribution in [0.2, 0.25) is 5.02 Å². The third kappa shape index (κ3) is 2.11. The van der Waals surface area contributed by atoms with E-state index in [2.05, 4.69) is 11.1 Å². The van der Waals surface area contributed by atoms with E-state index >= 15 is 0 Å². The second-order valence-corrected chi connectivity index (χ2v) is 5.58. The first-order chi connectivity index (χ1) is 10.7. The lowest BCUT2D eigenvalue weighted by Crippen LogP contribution is -1.86. The summed E-state index contributed by atoms with van der Waals surface area (Å²) in [6.07, 6.45) is 1.97. The molecular weight excluding hydrogens is 296 g/mol. The highest BCUT2D eigenvalue weighted by Crippen LogP contribution is 2.31. The molecule has 2 aromatic heterocycles. The van der Waals surface area contributed by atoms with Gasteiger partial charge in [0.25, 0.3) is 0 Å². The fraction of sp³-hybridized carbons (Fsp3) is 0.0556. The average molecular weight is 309 g/mol. The lowest BCUT2D eigenvalue weighted by molar-refractivity contribution is 0.415. The number of pyridine rings is 1. The molecule has 3 nitrogen and oxygen atoms in total. The van der Waals surface area contributed by atoms with Crippen LogP contribution in [0.5, 0.6) is 5.75 Å². The maximum Gasteiger partial charge on any atom is 0.119 e. The van der Waals surface area contributed by atoms with Gasteiger partial charge in [-0.05, 0) is 42.5 Å². The van der Waals surface area contributed by atoms with Crippen LogP contribution in [0.1, 0.15) is 0 Å². The molecule has 0 bridgehead atoms. The first-order valence-electron chi connectivity index (χ1n) is 6.96. The Labute approximate surface area is 132 Å². The molecule has 22 heavy (non-hydrogen) atoms. The van der Waals surface area contributed by atoms with Crippen molar-refractivity contribution in [2.45, 2.75) is 0 Å². The number of hydrogen-bond donors (Lipinski definition) is 1. The SMILES string of the molecule is COc1ccc2nc(-c3c[nH]c4ccc(Cl)cc34)ccc2c1. The van der Waals surface area contributed by atoms with E-state index in [0.717, 1.165) is 43.8 Å². The quantitative estimate of drug-likeness (QED) is 0.563. The topological polar surface area (TPSA) is 37.9 Å². The number of nitrogens with zero attached hydrogens (tertiary/aromatic N) is 1. The first-order valence-corrected chi connectivity index (χ1v) is 7.34. The Morgan fingerprint density at radius 1 is 1.05 bits per heavy atom. The molecule has 4 aromatic rings. The van der Waals surface area contributed by atoms with Gasteiger partial charge in [0.1, 0.15) is 5.75 Å². The summed E-state index contributed by atoms with van der Waals surface area (Å²) < 4.78 is 5.25. The molecule has 0 unspecified atom stereocenters. The molecule has 0 saturated carbocycles. The van der Waals surface area contributed by atoms with Crippen LogP contribution in [0.3, 0.4) is 0 Å². The van der Waals surface area contributed by atoms with E-state index in [4.69, 9.17) is 21.3 Å². The van der Waals surface area contributed by atoms with Crippen LogP contribution in [-0.2, 0) is 0 Å². The van der Waals surface area contributed by atoms with Gasteiger partial charge in [-0.1, -0.05) is 17.7 Å². The monoisotopic (exact) mass is 308 g/mol. The molecule has 1 N–H and O–H groups in total. The summed E-state index contributed by atoms with van der Waals surface area (Å²) in [5.74, 6) is 0.834. The number of halogens is 1. The van der Waals surface area contributed by atoms with Gasteiger partial charge in [-0.3, -0.25) is 0 Å². The molecule has 108 valence electrons. The van der Waals surface area contributed by atoms with Crippen LogP contribution >= 0.6 is 11.6 Å². The zero-order valence-electron chi connectivity index (χ0n) is 11.9. The molecule has 0 amide bonds. The molecule has 0 radical (unpaired) electrons. The van der Waals surface area contributed by atoms with Crippen LogP contribution in [0.4, 0.5) is 0 Å². The zero-order chi connectivity index (χ0) is 15.1. The number of aromatic nitrogens is 2. The number of methoxy groups -OCH3 is 1.